The summed E-state index contributed by atoms with van der Waals surface area (Å²) in [5.74, 6) is -1.98. The quantitative estimate of drug-likeness (QED) is 0.0211. The second kappa shape index (κ2) is 80.2. The molecule has 0 aromatic carbocycles. The van der Waals surface area contributed by atoms with E-state index in [-0.39, 0.29) is 38.2 Å². The molecule has 2 atom stereocenters. The van der Waals surface area contributed by atoms with E-state index in [1.165, 1.54) is 308 Å². The van der Waals surface area contributed by atoms with Gasteiger partial charge in [-0.3, -0.25) is 9.59 Å². The lowest BCUT2D eigenvalue weighted by Crippen LogP contribution is -2.40. The van der Waals surface area contributed by atoms with Crippen LogP contribution in [0.5, 0.6) is 0 Å². The lowest BCUT2D eigenvalue weighted by molar-refractivity contribution is -0.870. The first-order chi connectivity index (χ1) is 48.6. The van der Waals surface area contributed by atoms with Crippen molar-refractivity contribution >= 4 is 17.9 Å². The average Bonchev–Trinajstić information content (AvgIpc) is 2.19. The van der Waals surface area contributed by atoms with E-state index in [0.29, 0.717) is 17.4 Å². The van der Waals surface area contributed by atoms with Gasteiger partial charge in [0.1, 0.15) is 13.2 Å². The Morgan fingerprint density at radius 3 is 0.859 bits per heavy atom. The summed E-state index contributed by atoms with van der Waals surface area (Å²) >= 11 is 0. The highest BCUT2D eigenvalue weighted by molar-refractivity contribution is 5.71. The Labute approximate surface area is 614 Å². The molecule has 0 bridgehead atoms. The first kappa shape index (κ1) is 95.5. The molecule has 0 saturated carbocycles. The van der Waals surface area contributed by atoms with Crippen molar-refractivity contribution in [3.8, 4) is 0 Å². The van der Waals surface area contributed by atoms with E-state index in [0.717, 1.165) is 77.0 Å². The van der Waals surface area contributed by atoms with E-state index in [4.69, 9.17) is 18.9 Å². The molecule has 2 unspecified atom stereocenters. The standard InChI is InChI=1S/C90H163NO8/c1-6-8-10-12-14-16-18-20-22-24-26-28-30-32-34-36-38-40-42-44-46-48-50-52-54-56-58-60-62-64-66-68-70-72-74-76-78-80-87(92)97-84-86(85-98-90(89(94)95)96-83-82-91(3,4)5)99-88(93)81-79-77-75-73-71-69-67-65-63-61-59-57-55-53-51-49-47-45-43-41-39-37-35-33-31-29-27-25-23-21-19-17-15-13-11-9-7-2/h9,11,15,17-18,20-21,23-24,26-27,29,33,35,86,90H,6-8,10,12-14,16,19,22,25,28,30-32,34,36-85H2,1-5H3/p+1/b11-9-,17-15-,20-18-,23-21-,26-24-,29-27-,35-33-. The first-order valence-electron chi connectivity index (χ1n) is 42.8. The summed E-state index contributed by atoms with van der Waals surface area (Å²) in [6, 6.07) is 0. The average molecular weight is 1390 g/mol. The van der Waals surface area contributed by atoms with Crippen LogP contribution >= 0.6 is 0 Å². The van der Waals surface area contributed by atoms with Crippen LogP contribution in [0.4, 0.5) is 0 Å². The zero-order valence-corrected chi connectivity index (χ0v) is 66.2. The molecule has 0 aromatic rings. The monoisotopic (exact) mass is 1390 g/mol. The van der Waals surface area contributed by atoms with Crippen molar-refractivity contribution in [2.45, 2.75) is 424 Å². The number of unbranched alkanes of at least 4 members (excludes halogenated alkanes) is 51. The SMILES string of the molecule is CC/C=C\C/C=C\C/C=C\C/C=C\C/C=C\CCCCCCCCCCCCCCCCCCCCCCCC(=O)OC(COC(=O)CCCCCCCCCCCCCCCCCCCCCCCCCCC/C=C\C/C=C\CCCCCCC)COC(OCC[N+](C)(C)C)C(=O)O. The number of nitrogens with zero attached hydrogens (tertiary/aromatic N) is 1. The third-order valence-corrected chi connectivity index (χ3v) is 19.1. The summed E-state index contributed by atoms with van der Waals surface area (Å²) < 4.78 is 23.1. The number of likely N-dealkylation sites (N-methyl/N-ethyl adjacent to an activating group) is 1. The number of aliphatic carboxylic acids is 1. The summed E-state index contributed by atoms with van der Waals surface area (Å²) in [5, 5.41) is 9.79. The van der Waals surface area contributed by atoms with E-state index >= 15 is 0 Å². The van der Waals surface area contributed by atoms with E-state index in [1.807, 2.05) is 21.1 Å². The van der Waals surface area contributed by atoms with Crippen LogP contribution in [0, 0.1) is 0 Å². The summed E-state index contributed by atoms with van der Waals surface area (Å²) in [7, 11) is 6.00. The zero-order chi connectivity index (χ0) is 71.8. The van der Waals surface area contributed by atoms with Crippen LogP contribution in [-0.4, -0.2) is 87.4 Å². The van der Waals surface area contributed by atoms with Crippen molar-refractivity contribution in [1.82, 2.24) is 0 Å². The topological polar surface area (TPSA) is 108 Å². The van der Waals surface area contributed by atoms with Crippen LogP contribution in [0.3, 0.4) is 0 Å². The van der Waals surface area contributed by atoms with Gasteiger partial charge in [-0.1, -0.05) is 394 Å². The van der Waals surface area contributed by atoms with Gasteiger partial charge in [-0.15, -0.1) is 0 Å². The molecule has 0 amide bonds. The predicted molar refractivity (Wildman–Crippen MR) is 429 cm³/mol. The Kier molecular flexibility index (Phi) is 77.3. The highest BCUT2D eigenvalue weighted by atomic mass is 16.7. The Balaban J connectivity index is 3.94. The molecule has 0 saturated heterocycles. The number of esters is 2. The van der Waals surface area contributed by atoms with E-state index in [1.54, 1.807) is 0 Å². The number of hydrogen-bond acceptors (Lipinski definition) is 7. The smallest absolute Gasteiger partial charge is 0.361 e. The fourth-order valence-corrected chi connectivity index (χ4v) is 12.7. The lowest BCUT2D eigenvalue weighted by Gasteiger charge is -2.25. The molecule has 0 spiro atoms. The number of carbonyl (C=O) groups is 3. The normalized spacial score (nSPS) is 13.0. The van der Waals surface area contributed by atoms with Crippen LogP contribution in [0.15, 0.2) is 85.1 Å². The van der Waals surface area contributed by atoms with Crippen LogP contribution in [0.1, 0.15) is 412 Å². The van der Waals surface area contributed by atoms with E-state index in [9.17, 15) is 19.5 Å². The number of carbonyl (C=O) groups excluding carboxylic acids is 2. The zero-order valence-electron chi connectivity index (χ0n) is 66.2. The molecule has 9 heteroatoms. The van der Waals surface area contributed by atoms with Gasteiger partial charge in [0.15, 0.2) is 6.10 Å². The third-order valence-electron chi connectivity index (χ3n) is 19.1. The molecule has 0 fully saturated rings. The number of hydrogen-bond donors (Lipinski definition) is 1. The fourth-order valence-electron chi connectivity index (χ4n) is 12.7. The Bertz CT molecular complexity index is 1910. The molecule has 0 heterocycles. The van der Waals surface area contributed by atoms with Crippen LogP contribution in [0.25, 0.3) is 0 Å². The van der Waals surface area contributed by atoms with Gasteiger partial charge in [0.25, 0.3) is 6.29 Å². The fraction of sp³-hybridized carbons (Fsp3) is 0.811. The molecule has 0 rings (SSSR count). The Hall–Kier alpha value is -3.53. The maximum Gasteiger partial charge on any atom is 0.361 e. The number of ether oxygens (including phenoxy) is 4. The molecule has 1 N–H and O–H groups in total. The summed E-state index contributed by atoms with van der Waals surface area (Å²) in [6.45, 7) is 4.82. The second-order valence-electron chi connectivity index (χ2n) is 30.1. The molecule has 9 nitrogen and oxygen atoms in total. The summed E-state index contributed by atoms with van der Waals surface area (Å²) in [5.41, 5.74) is 0. The number of carboxylic acids is 1. The maximum absolute atomic E-state index is 13.0. The van der Waals surface area contributed by atoms with Gasteiger partial charge in [-0.05, 0) is 89.9 Å². The van der Waals surface area contributed by atoms with Crippen LogP contribution in [0.2, 0.25) is 0 Å². The molecular weight excluding hydrogens is 1220 g/mol. The molecule has 0 aliphatic carbocycles. The van der Waals surface area contributed by atoms with Crippen molar-refractivity contribution in [2.75, 3.05) is 47.5 Å². The van der Waals surface area contributed by atoms with Crippen molar-refractivity contribution in [1.29, 1.82) is 0 Å². The predicted octanol–water partition coefficient (Wildman–Crippen LogP) is 27.7. The lowest BCUT2D eigenvalue weighted by atomic mass is 10.0. The Morgan fingerprint density at radius 2 is 0.576 bits per heavy atom. The third kappa shape index (κ3) is 81.6. The maximum atomic E-state index is 13.0. The van der Waals surface area contributed by atoms with E-state index in [2.05, 4.69) is 98.9 Å². The number of quaternary nitrogens is 1. The molecular formula is C90H164NO8+. The molecule has 0 radical (unpaired) electrons. The van der Waals surface area contributed by atoms with Gasteiger partial charge >= 0.3 is 17.9 Å². The van der Waals surface area contributed by atoms with Crippen molar-refractivity contribution < 1.29 is 42.9 Å². The Morgan fingerprint density at radius 1 is 0.313 bits per heavy atom. The highest BCUT2D eigenvalue weighted by Crippen LogP contribution is 2.20. The minimum Gasteiger partial charge on any atom is -0.477 e. The molecule has 0 aliphatic heterocycles. The van der Waals surface area contributed by atoms with Crippen molar-refractivity contribution in [3.63, 3.8) is 0 Å². The minimum atomic E-state index is -1.51. The number of rotatable bonds is 80. The van der Waals surface area contributed by atoms with E-state index < -0.39 is 18.4 Å². The number of carboxylic acid groups (broad SMARTS) is 1. The van der Waals surface area contributed by atoms with Crippen LogP contribution < -0.4 is 0 Å². The van der Waals surface area contributed by atoms with Gasteiger partial charge in [0.05, 0.1) is 34.4 Å². The van der Waals surface area contributed by atoms with Gasteiger partial charge in [0, 0.05) is 12.8 Å². The van der Waals surface area contributed by atoms with Gasteiger partial charge in [0.2, 0.25) is 0 Å². The molecule has 0 aromatic heterocycles. The summed E-state index contributed by atoms with van der Waals surface area (Å²) in [6.07, 6.45) is 108. The van der Waals surface area contributed by atoms with Crippen molar-refractivity contribution in [3.05, 3.63) is 85.1 Å². The van der Waals surface area contributed by atoms with Gasteiger partial charge in [-0.2, -0.15) is 0 Å². The highest BCUT2D eigenvalue weighted by Gasteiger charge is 2.25. The largest absolute Gasteiger partial charge is 0.477 e. The summed E-state index contributed by atoms with van der Waals surface area (Å²) in [4.78, 5) is 37.8. The molecule has 576 valence electrons. The molecule has 99 heavy (non-hydrogen) atoms. The van der Waals surface area contributed by atoms with Gasteiger partial charge in [-0.25, -0.2) is 4.79 Å². The number of allylic oxidation sites excluding steroid dienone is 14. The van der Waals surface area contributed by atoms with Crippen LogP contribution in [-0.2, 0) is 33.3 Å². The van der Waals surface area contributed by atoms with Crippen molar-refractivity contribution in [2.24, 2.45) is 0 Å². The second-order valence-corrected chi connectivity index (χ2v) is 30.1. The van der Waals surface area contributed by atoms with Gasteiger partial charge < -0.3 is 28.5 Å². The minimum absolute atomic E-state index is 0.178. The first-order valence-corrected chi connectivity index (χ1v) is 42.8. The molecule has 0 aliphatic rings.